The van der Waals surface area contributed by atoms with Gasteiger partial charge in [-0.25, -0.2) is 0 Å². The lowest BCUT2D eigenvalue weighted by Crippen LogP contribution is -2.02. The molecule has 0 saturated carbocycles. The van der Waals surface area contributed by atoms with Crippen molar-refractivity contribution in [3.63, 3.8) is 0 Å². The molecule has 0 aliphatic heterocycles. The summed E-state index contributed by atoms with van der Waals surface area (Å²) in [5, 5.41) is 1.41. The van der Waals surface area contributed by atoms with Crippen LogP contribution in [-0.2, 0) is 5.33 Å². The smallest absolute Gasteiger partial charge is 0.163 e. The van der Waals surface area contributed by atoms with E-state index in [2.05, 4.69) is 31.9 Å². The lowest BCUT2D eigenvalue weighted by atomic mass is 10.1. The number of ether oxygens (including phenoxy) is 1. The zero-order valence-corrected chi connectivity index (χ0v) is 12.3. The quantitative estimate of drug-likeness (QED) is 0.574. The van der Waals surface area contributed by atoms with Gasteiger partial charge in [-0.05, 0) is 30.7 Å². The molecule has 0 amide bonds. The van der Waals surface area contributed by atoms with Crippen molar-refractivity contribution in [1.29, 1.82) is 0 Å². The number of halogens is 2. The van der Waals surface area contributed by atoms with Gasteiger partial charge in [0, 0.05) is 22.6 Å². The molecular weight excluding hydrogens is 336 g/mol. The maximum Gasteiger partial charge on any atom is 0.163 e. The molecule has 0 aliphatic rings. The molecule has 0 fully saturated rings. The Morgan fingerprint density at radius 1 is 1.31 bits per heavy atom. The molecular formula is C12H14Br2O2. The number of ketones is 1. The van der Waals surface area contributed by atoms with Crippen LogP contribution in [0.3, 0.4) is 0 Å². The molecule has 0 aliphatic carbocycles. The first kappa shape index (κ1) is 13.7. The molecule has 0 spiro atoms. The van der Waals surface area contributed by atoms with Gasteiger partial charge >= 0.3 is 0 Å². The second kappa shape index (κ2) is 7.07. The van der Waals surface area contributed by atoms with Gasteiger partial charge in [-0.15, -0.1) is 0 Å². The van der Waals surface area contributed by atoms with Crippen molar-refractivity contribution in [3.8, 4) is 5.75 Å². The normalized spacial score (nSPS) is 10.2. The predicted octanol–water partition coefficient (Wildman–Crippen LogP) is 3.95. The number of rotatable bonds is 6. The molecule has 1 rings (SSSR count). The van der Waals surface area contributed by atoms with Crippen molar-refractivity contribution in [2.24, 2.45) is 0 Å². The van der Waals surface area contributed by atoms with Crippen LogP contribution in [0.25, 0.3) is 0 Å². The summed E-state index contributed by atoms with van der Waals surface area (Å²) in [4.78, 5) is 11.8. The summed E-state index contributed by atoms with van der Waals surface area (Å²) >= 11 is 6.66. The molecule has 0 saturated heterocycles. The van der Waals surface area contributed by atoms with Crippen molar-refractivity contribution in [3.05, 3.63) is 29.3 Å². The number of hydrogen-bond donors (Lipinski definition) is 0. The van der Waals surface area contributed by atoms with Gasteiger partial charge in [-0.2, -0.15) is 0 Å². The molecule has 1 aromatic rings. The third kappa shape index (κ3) is 3.91. The van der Waals surface area contributed by atoms with E-state index in [9.17, 15) is 4.79 Å². The minimum absolute atomic E-state index is 0.139. The monoisotopic (exact) mass is 348 g/mol. The lowest BCUT2D eigenvalue weighted by Gasteiger charge is -2.08. The summed E-state index contributed by atoms with van der Waals surface area (Å²) in [6.07, 6.45) is 0.511. The second-order valence-electron chi connectivity index (χ2n) is 3.29. The molecule has 0 bridgehead atoms. The molecule has 0 heterocycles. The Labute approximate surface area is 113 Å². The molecule has 1 aromatic carbocycles. The van der Waals surface area contributed by atoms with Crippen LogP contribution >= 0.6 is 31.9 Å². The van der Waals surface area contributed by atoms with Crippen LogP contribution in [0.1, 0.15) is 29.3 Å². The topological polar surface area (TPSA) is 26.3 Å². The first-order valence-electron chi connectivity index (χ1n) is 5.13. The fourth-order valence-corrected chi connectivity index (χ4v) is 2.06. The molecule has 0 radical (unpaired) electrons. The van der Waals surface area contributed by atoms with Crippen LogP contribution in [0.5, 0.6) is 5.75 Å². The predicted molar refractivity (Wildman–Crippen MR) is 73.0 cm³/mol. The van der Waals surface area contributed by atoms with Crippen molar-refractivity contribution in [1.82, 2.24) is 0 Å². The molecule has 88 valence electrons. The van der Waals surface area contributed by atoms with Crippen molar-refractivity contribution >= 4 is 37.6 Å². The van der Waals surface area contributed by atoms with E-state index in [-0.39, 0.29) is 5.78 Å². The average Bonchev–Trinajstić information content (AvgIpc) is 2.29. The van der Waals surface area contributed by atoms with E-state index < -0.39 is 0 Å². The van der Waals surface area contributed by atoms with E-state index in [4.69, 9.17) is 4.74 Å². The molecule has 0 atom stereocenters. The van der Waals surface area contributed by atoms with E-state index in [1.54, 1.807) is 6.07 Å². The number of carbonyl (C=O) groups excluding carboxylic acids is 1. The zero-order valence-electron chi connectivity index (χ0n) is 9.13. The highest BCUT2D eigenvalue weighted by atomic mass is 79.9. The summed E-state index contributed by atoms with van der Waals surface area (Å²) in [5.74, 6) is 0.901. The summed E-state index contributed by atoms with van der Waals surface area (Å²) < 4.78 is 5.43. The first-order valence-corrected chi connectivity index (χ1v) is 7.37. The van der Waals surface area contributed by atoms with Crippen LogP contribution in [0, 0.1) is 0 Å². The summed E-state index contributed by atoms with van der Waals surface area (Å²) in [6, 6.07) is 5.66. The molecule has 0 N–H and O–H groups in total. The van der Waals surface area contributed by atoms with Crippen LogP contribution in [0.15, 0.2) is 18.2 Å². The van der Waals surface area contributed by atoms with Crippen LogP contribution < -0.4 is 4.74 Å². The van der Waals surface area contributed by atoms with E-state index in [1.165, 1.54) is 0 Å². The number of carbonyl (C=O) groups is 1. The Hall–Kier alpha value is -0.350. The minimum atomic E-state index is 0.139. The zero-order chi connectivity index (χ0) is 12.0. The van der Waals surface area contributed by atoms with Crippen LogP contribution in [0.4, 0.5) is 0 Å². The van der Waals surface area contributed by atoms with Crippen molar-refractivity contribution in [2.45, 2.75) is 18.7 Å². The van der Waals surface area contributed by atoms with Crippen molar-refractivity contribution in [2.75, 3.05) is 11.9 Å². The van der Waals surface area contributed by atoms with Crippen molar-refractivity contribution < 1.29 is 9.53 Å². The minimum Gasteiger partial charge on any atom is -0.494 e. The molecule has 4 heteroatoms. The Balaban J connectivity index is 2.98. The first-order chi connectivity index (χ1) is 7.71. The fraction of sp³-hybridized carbons (Fsp3) is 0.417. The Morgan fingerprint density at radius 3 is 2.62 bits per heavy atom. The highest BCUT2D eigenvalue weighted by molar-refractivity contribution is 9.09. The average molecular weight is 350 g/mol. The van der Waals surface area contributed by atoms with Crippen LogP contribution in [-0.4, -0.2) is 17.7 Å². The molecule has 0 unspecified atom stereocenters. The third-order valence-corrected chi connectivity index (χ3v) is 3.12. The number of benzene rings is 1. The van der Waals surface area contributed by atoms with Crippen LogP contribution in [0.2, 0.25) is 0 Å². The maximum absolute atomic E-state index is 11.8. The van der Waals surface area contributed by atoms with Gasteiger partial charge in [-0.3, -0.25) is 4.79 Å². The van der Waals surface area contributed by atoms with Gasteiger partial charge in [0.25, 0.3) is 0 Å². The van der Waals surface area contributed by atoms with E-state index in [1.807, 2.05) is 19.1 Å². The second-order valence-corrected chi connectivity index (χ2v) is 4.65. The van der Waals surface area contributed by atoms with Gasteiger partial charge in [0.2, 0.25) is 0 Å². The largest absolute Gasteiger partial charge is 0.494 e. The molecule has 0 aromatic heterocycles. The van der Waals surface area contributed by atoms with E-state index >= 15 is 0 Å². The third-order valence-electron chi connectivity index (χ3n) is 2.08. The lowest BCUT2D eigenvalue weighted by molar-refractivity contribution is 0.0989. The highest BCUT2D eigenvalue weighted by Gasteiger charge is 2.08. The Kier molecular flexibility index (Phi) is 6.06. The maximum atomic E-state index is 11.8. The molecule has 2 nitrogen and oxygen atoms in total. The highest BCUT2D eigenvalue weighted by Crippen LogP contribution is 2.20. The summed E-state index contributed by atoms with van der Waals surface area (Å²) in [6.45, 7) is 2.54. The van der Waals surface area contributed by atoms with Gasteiger partial charge in [0.15, 0.2) is 5.78 Å². The standard InChI is InChI=1S/C12H14Br2O2/c1-2-16-11-6-9(8-14)5-10(7-11)12(15)3-4-13/h5-7H,2-4,8H2,1H3. The van der Waals surface area contributed by atoms with E-state index in [0.29, 0.717) is 18.4 Å². The number of Topliss-reactive ketones (excluding diaryl/α,β-unsaturated/α-hetero) is 1. The van der Waals surface area contributed by atoms with Gasteiger partial charge in [-0.1, -0.05) is 31.9 Å². The summed E-state index contributed by atoms with van der Waals surface area (Å²) in [7, 11) is 0. The van der Waals surface area contributed by atoms with Gasteiger partial charge in [0.1, 0.15) is 5.75 Å². The molecule has 16 heavy (non-hydrogen) atoms. The summed E-state index contributed by atoms with van der Waals surface area (Å²) in [5.41, 5.74) is 1.78. The number of alkyl halides is 2. The van der Waals surface area contributed by atoms with E-state index in [0.717, 1.165) is 22.2 Å². The SMILES string of the molecule is CCOc1cc(CBr)cc(C(=O)CCBr)c1. The fourth-order valence-electron chi connectivity index (χ4n) is 1.38. The Morgan fingerprint density at radius 2 is 2.06 bits per heavy atom. The van der Waals surface area contributed by atoms with Gasteiger partial charge in [0.05, 0.1) is 6.61 Å². The Bertz CT molecular complexity index is 364. The van der Waals surface area contributed by atoms with Gasteiger partial charge < -0.3 is 4.74 Å². The number of hydrogen-bond acceptors (Lipinski definition) is 2.